The van der Waals surface area contributed by atoms with E-state index in [1.165, 1.54) is 19.2 Å². The molecule has 0 bridgehead atoms. The lowest BCUT2D eigenvalue weighted by Crippen LogP contribution is -2.39. The van der Waals surface area contributed by atoms with Crippen molar-refractivity contribution >= 4 is 10.0 Å². The quantitative estimate of drug-likeness (QED) is 0.792. The molecule has 1 unspecified atom stereocenters. The van der Waals surface area contributed by atoms with Gasteiger partial charge in [0.15, 0.2) is 0 Å². The van der Waals surface area contributed by atoms with Crippen LogP contribution in [-0.4, -0.2) is 28.1 Å². The number of hydrogen-bond acceptors (Lipinski definition) is 4. The molecule has 19 heavy (non-hydrogen) atoms. The van der Waals surface area contributed by atoms with Gasteiger partial charge in [-0.2, -0.15) is 0 Å². The molecule has 0 saturated heterocycles. The van der Waals surface area contributed by atoms with Crippen LogP contribution in [-0.2, 0) is 10.0 Å². The van der Waals surface area contributed by atoms with Crippen molar-refractivity contribution < 1.29 is 13.2 Å². The van der Waals surface area contributed by atoms with Crippen molar-refractivity contribution in [3.8, 4) is 5.75 Å². The van der Waals surface area contributed by atoms with Crippen molar-refractivity contribution in [1.29, 1.82) is 0 Å². The van der Waals surface area contributed by atoms with E-state index in [2.05, 4.69) is 4.72 Å². The van der Waals surface area contributed by atoms with Gasteiger partial charge in [0.25, 0.3) is 0 Å². The van der Waals surface area contributed by atoms with Crippen molar-refractivity contribution in [2.75, 3.05) is 13.7 Å². The summed E-state index contributed by atoms with van der Waals surface area (Å²) in [6.07, 6.45) is 0.618. The summed E-state index contributed by atoms with van der Waals surface area (Å²) in [5.74, 6) is 0.817. The van der Waals surface area contributed by atoms with Crippen molar-refractivity contribution in [2.24, 2.45) is 11.7 Å². The molecule has 0 aromatic heterocycles. The summed E-state index contributed by atoms with van der Waals surface area (Å²) in [6.45, 7) is 4.39. The molecular weight excluding hydrogens is 264 g/mol. The highest BCUT2D eigenvalue weighted by Crippen LogP contribution is 2.17. The maximum absolute atomic E-state index is 12.2. The van der Waals surface area contributed by atoms with E-state index in [1.54, 1.807) is 12.1 Å². The first kappa shape index (κ1) is 15.9. The molecule has 0 aliphatic heterocycles. The minimum absolute atomic E-state index is 0.155. The molecule has 0 fully saturated rings. The van der Waals surface area contributed by atoms with Crippen LogP contribution in [0.15, 0.2) is 29.2 Å². The Morgan fingerprint density at radius 3 is 2.26 bits per heavy atom. The lowest BCUT2D eigenvalue weighted by atomic mass is 10.0. The molecule has 6 heteroatoms. The first-order valence-electron chi connectivity index (χ1n) is 6.27. The predicted molar refractivity (Wildman–Crippen MR) is 75.6 cm³/mol. The summed E-state index contributed by atoms with van der Waals surface area (Å²) in [6, 6.07) is 6.16. The third kappa shape index (κ3) is 4.49. The molecule has 0 aliphatic rings. The van der Waals surface area contributed by atoms with Crippen molar-refractivity contribution in [2.45, 2.75) is 31.2 Å². The summed E-state index contributed by atoms with van der Waals surface area (Å²) in [7, 11) is -1.97. The highest BCUT2D eigenvalue weighted by molar-refractivity contribution is 7.89. The van der Waals surface area contributed by atoms with Gasteiger partial charge in [0.05, 0.1) is 12.0 Å². The molecule has 1 rings (SSSR count). The minimum atomic E-state index is -3.51. The monoisotopic (exact) mass is 286 g/mol. The Morgan fingerprint density at radius 2 is 1.84 bits per heavy atom. The average molecular weight is 286 g/mol. The molecule has 5 nitrogen and oxygen atoms in total. The van der Waals surface area contributed by atoms with Crippen LogP contribution < -0.4 is 15.2 Å². The third-order valence-corrected chi connectivity index (χ3v) is 4.46. The van der Waals surface area contributed by atoms with Gasteiger partial charge in [-0.05, 0) is 43.1 Å². The zero-order chi connectivity index (χ0) is 14.5. The molecule has 0 radical (unpaired) electrons. The lowest BCUT2D eigenvalue weighted by Gasteiger charge is -2.21. The van der Waals surface area contributed by atoms with E-state index in [0.717, 1.165) is 0 Å². The summed E-state index contributed by atoms with van der Waals surface area (Å²) < 4.78 is 32.2. The standard InChI is InChI=1S/C13H22N2O3S/c1-10(2)13(8-9-14)15-19(16,17)12-6-4-11(18-3)5-7-12/h4-7,10,13,15H,8-9,14H2,1-3H3. The highest BCUT2D eigenvalue weighted by Gasteiger charge is 2.21. The van der Waals surface area contributed by atoms with Crippen LogP contribution in [0.25, 0.3) is 0 Å². The molecule has 0 aliphatic carbocycles. The van der Waals surface area contributed by atoms with Crippen LogP contribution in [0.1, 0.15) is 20.3 Å². The molecule has 3 N–H and O–H groups in total. The second-order valence-electron chi connectivity index (χ2n) is 4.72. The molecule has 108 valence electrons. The fraction of sp³-hybridized carbons (Fsp3) is 0.538. The van der Waals surface area contributed by atoms with Crippen molar-refractivity contribution in [3.63, 3.8) is 0 Å². The average Bonchev–Trinajstić information content (AvgIpc) is 2.38. The van der Waals surface area contributed by atoms with Gasteiger partial charge in [0.2, 0.25) is 10.0 Å². The Balaban J connectivity index is 2.89. The lowest BCUT2D eigenvalue weighted by molar-refractivity contribution is 0.414. The molecule has 1 aromatic rings. The molecule has 1 atom stereocenters. The molecular formula is C13H22N2O3S. The number of rotatable bonds is 7. The van der Waals surface area contributed by atoms with Crippen molar-refractivity contribution in [1.82, 2.24) is 4.72 Å². The SMILES string of the molecule is COc1ccc(S(=O)(=O)NC(CCN)C(C)C)cc1. The summed E-state index contributed by atoms with van der Waals surface area (Å²) >= 11 is 0. The minimum Gasteiger partial charge on any atom is -0.497 e. The number of hydrogen-bond donors (Lipinski definition) is 2. The van der Waals surface area contributed by atoms with Crippen LogP contribution in [0.5, 0.6) is 5.75 Å². The van der Waals surface area contributed by atoms with Gasteiger partial charge in [-0.25, -0.2) is 13.1 Å². The fourth-order valence-corrected chi connectivity index (χ4v) is 3.15. The zero-order valence-corrected chi connectivity index (χ0v) is 12.4. The number of sulfonamides is 1. The number of nitrogens with one attached hydrogen (secondary N) is 1. The smallest absolute Gasteiger partial charge is 0.240 e. The largest absolute Gasteiger partial charge is 0.497 e. The number of ether oxygens (including phenoxy) is 1. The van der Waals surface area contributed by atoms with E-state index < -0.39 is 10.0 Å². The van der Waals surface area contributed by atoms with E-state index >= 15 is 0 Å². The number of methoxy groups -OCH3 is 1. The second-order valence-corrected chi connectivity index (χ2v) is 6.44. The molecule has 0 saturated carbocycles. The Labute approximate surface area is 115 Å². The first-order chi connectivity index (χ1) is 8.90. The number of benzene rings is 1. The van der Waals surface area contributed by atoms with Gasteiger partial charge in [-0.3, -0.25) is 0 Å². The topological polar surface area (TPSA) is 81.4 Å². The van der Waals surface area contributed by atoms with Gasteiger partial charge >= 0.3 is 0 Å². The van der Waals surface area contributed by atoms with Crippen LogP contribution >= 0.6 is 0 Å². The van der Waals surface area contributed by atoms with Crippen LogP contribution in [0.2, 0.25) is 0 Å². The highest BCUT2D eigenvalue weighted by atomic mass is 32.2. The van der Waals surface area contributed by atoms with Gasteiger partial charge < -0.3 is 10.5 Å². The van der Waals surface area contributed by atoms with Crippen LogP contribution in [0.4, 0.5) is 0 Å². The van der Waals surface area contributed by atoms with Crippen LogP contribution in [0, 0.1) is 5.92 Å². The summed E-state index contributed by atoms with van der Waals surface area (Å²) in [5, 5.41) is 0. The van der Waals surface area contributed by atoms with Gasteiger partial charge in [-0.1, -0.05) is 13.8 Å². The van der Waals surface area contributed by atoms with E-state index in [4.69, 9.17) is 10.5 Å². The Kier molecular flexibility index (Phi) is 5.78. The number of nitrogens with two attached hydrogens (primary N) is 1. The van der Waals surface area contributed by atoms with Crippen molar-refractivity contribution in [3.05, 3.63) is 24.3 Å². The Hall–Kier alpha value is -1.11. The summed E-state index contributed by atoms with van der Waals surface area (Å²) in [5.41, 5.74) is 5.51. The predicted octanol–water partition coefficient (Wildman–Crippen LogP) is 1.35. The van der Waals surface area contributed by atoms with Crippen LogP contribution in [0.3, 0.4) is 0 Å². The van der Waals surface area contributed by atoms with E-state index in [-0.39, 0.29) is 16.9 Å². The zero-order valence-electron chi connectivity index (χ0n) is 11.6. The summed E-state index contributed by atoms with van der Waals surface area (Å²) in [4.78, 5) is 0.232. The molecule has 1 aromatic carbocycles. The first-order valence-corrected chi connectivity index (χ1v) is 7.75. The molecule has 0 amide bonds. The Morgan fingerprint density at radius 1 is 1.26 bits per heavy atom. The maximum Gasteiger partial charge on any atom is 0.240 e. The Bertz CT molecular complexity index is 483. The second kappa shape index (κ2) is 6.88. The fourth-order valence-electron chi connectivity index (χ4n) is 1.73. The third-order valence-electron chi connectivity index (χ3n) is 2.96. The maximum atomic E-state index is 12.2. The van der Waals surface area contributed by atoms with Gasteiger partial charge in [0.1, 0.15) is 5.75 Å². The molecule has 0 heterocycles. The normalized spacial score (nSPS) is 13.5. The van der Waals surface area contributed by atoms with Gasteiger partial charge in [-0.15, -0.1) is 0 Å². The van der Waals surface area contributed by atoms with E-state index in [9.17, 15) is 8.42 Å². The molecule has 0 spiro atoms. The van der Waals surface area contributed by atoms with E-state index in [0.29, 0.717) is 18.7 Å². The van der Waals surface area contributed by atoms with Gasteiger partial charge in [0, 0.05) is 6.04 Å². The van der Waals surface area contributed by atoms with E-state index in [1.807, 2.05) is 13.8 Å².